The van der Waals surface area contributed by atoms with E-state index in [9.17, 15) is 9.59 Å². The Bertz CT molecular complexity index is 879. The average Bonchev–Trinajstić information content (AvgIpc) is 2.99. The molecule has 0 saturated carbocycles. The van der Waals surface area contributed by atoms with Gasteiger partial charge in [-0.1, -0.05) is 48.5 Å². The maximum Gasteiger partial charge on any atom is 0.407 e. The minimum Gasteiger partial charge on any atom is -0.480 e. The molecule has 2 aliphatic rings. The molecule has 29 heavy (non-hydrogen) atoms. The lowest BCUT2D eigenvalue weighted by atomic mass is 9.89. The minimum absolute atomic E-state index is 0.00501. The molecule has 7 heteroatoms. The van der Waals surface area contributed by atoms with Gasteiger partial charge >= 0.3 is 12.1 Å². The lowest BCUT2D eigenvalue weighted by Gasteiger charge is -2.46. The zero-order chi connectivity index (χ0) is 20.4. The van der Waals surface area contributed by atoms with Crippen molar-refractivity contribution in [2.75, 3.05) is 26.4 Å². The first-order chi connectivity index (χ1) is 14.0. The van der Waals surface area contributed by atoms with Gasteiger partial charge in [0.2, 0.25) is 0 Å². The fourth-order valence-electron chi connectivity index (χ4n) is 4.03. The molecule has 3 N–H and O–H groups in total. The first-order valence-electron chi connectivity index (χ1n) is 9.66. The molecule has 1 aliphatic carbocycles. The van der Waals surface area contributed by atoms with E-state index < -0.39 is 17.6 Å². The first-order valence-corrected chi connectivity index (χ1v) is 9.66. The van der Waals surface area contributed by atoms with E-state index >= 15 is 0 Å². The summed E-state index contributed by atoms with van der Waals surface area (Å²) < 4.78 is 10.8. The Morgan fingerprint density at radius 1 is 1.14 bits per heavy atom. The summed E-state index contributed by atoms with van der Waals surface area (Å²) in [7, 11) is 0. The van der Waals surface area contributed by atoms with Crippen LogP contribution in [-0.4, -0.2) is 55.1 Å². The van der Waals surface area contributed by atoms with Crippen LogP contribution in [0.1, 0.15) is 24.0 Å². The lowest BCUT2D eigenvalue weighted by molar-refractivity contribution is -0.139. The van der Waals surface area contributed by atoms with Crippen LogP contribution >= 0.6 is 0 Å². The van der Waals surface area contributed by atoms with Crippen molar-refractivity contribution in [1.29, 1.82) is 0 Å². The SMILES string of the molecule is C[C@@H](NC(=O)OCC1c2ccccc2-c2ccccc21)C1(NCC(=O)O)COC1. The van der Waals surface area contributed by atoms with Gasteiger partial charge in [0.1, 0.15) is 6.61 Å². The third-order valence-corrected chi connectivity index (χ3v) is 5.82. The number of alkyl carbamates (subject to hydrolysis) is 1. The molecule has 0 bridgehead atoms. The predicted octanol–water partition coefficient (Wildman–Crippen LogP) is 2.36. The van der Waals surface area contributed by atoms with Crippen LogP contribution in [0.4, 0.5) is 4.79 Å². The van der Waals surface area contributed by atoms with E-state index in [1.54, 1.807) is 0 Å². The molecule has 2 aromatic carbocycles. The van der Waals surface area contributed by atoms with Gasteiger partial charge in [0, 0.05) is 5.92 Å². The van der Waals surface area contributed by atoms with Crippen LogP contribution in [-0.2, 0) is 14.3 Å². The molecule has 0 unspecified atom stereocenters. The molecule has 0 spiro atoms. The average molecular weight is 396 g/mol. The Balaban J connectivity index is 1.39. The zero-order valence-corrected chi connectivity index (χ0v) is 16.2. The van der Waals surface area contributed by atoms with Crippen molar-refractivity contribution in [2.45, 2.75) is 24.4 Å². The topological polar surface area (TPSA) is 96.9 Å². The van der Waals surface area contributed by atoms with E-state index in [-0.39, 0.29) is 25.1 Å². The molecule has 4 rings (SSSR count). The summed E-state index contributed by atoms with van der Waals surface area (Å²) >= 11 is 0. The van der Waals surface area contributed by atoms with E-state index in [1.807, 2.05) is 31.2 Å². The molecule has 0 radical (unpaired) electrons. The molecule has 2 aromatic rings. The summed E-state index contributed by atoms with van der Waals surface area (Å²) in [5.74, 6) is -0.959. The van der Waals surface area contributed by atoms with E-state index in [0.29, 0.717) is 13.2 Å². The zero-order valence-electron chi connectivity index (χ0n) is 16.2. The highest BCUT2D eigenvalue weighted by Crippen LogP contribution is 2.44. The monoisotopic (exact) mass is 396 g/mol. The van der Waals surface area contributed by atoms with Gasteiger partial charge in [0.05, 0.1) is 31.3 Å². The molecule has 1 amide bonds. The number of carbonyl (C=O) groups excluding carboxylic acids is 1. The van der Waals surface area contributed by atoms with Gasteiger partial charge in [-0.25, -0.2) is 4.79 Å². The third-order valence-electron chi connectivity index (χ3n) is 5.82. The van der Waals surface area contributed by atoms with Crippen molar-refractivity contribution >= 4 is 12.1 Å². The van der Waals surface area contributed by atoms with Gasteiger partial charge in [-0.05, 0) is 29.2 Å². The largest absolute Gasteiger partial charge is 0.480 e. The van der Waals surface area contributed by atoms with Crippen LogP contribution in [0.2, 0.25) is 0 Å². The number of carboxylic acids is 1. The number of hydrogen-bond acceptors (Lipinski definition) is 5. The van der Waals surface area contributed by atoms with E-state index in [2.05, 4.69) is 34.9 Å². The number of nitrogens with one attached hydrogen (secondary N) is 2. The quantitative estimate of drug-likeness (QED) is 0.665. The van der Waals surface area contributed by atoms with Gasteiger partial charge in [0.25, 0.3) is 0 Å². The third kappa shape index (κ3) is 3.71. The number of ether oxygens (including phenoxy) is 2. The van der Waals surface area contributed by atoms with Gasteiger partial charge in [-0.15, -0.1) is 0 Å². The Kier molecular flexibility index (Phi) is 5.25. The number of amides is 1. The number of fused-ring (bicyclic) bond motifs is 3. The van der Waals surface area contributed by atoms with Crippen LogP contribution in [0.25, 0.3) is 11.1 Å². The number of hydrogen-bond donors (Lipinski definition) is 3. The van der Waals surface area contributed by atoms with Crippen molar-refractivity contribution in [1.82, 2.24) is 10.6 Å². The lowest BCUT2D eigenvalue weighted by Crippen LogP contribution is -2.71. The summed E-state index contributed by atoms with van der Waals surface area (Å²) in [4.78, 5) is 23.3. The van der Waals surface area contributed by atoms with Gasteiger partial charge < -0.3 is 19.9 Å². The Labute approximate surface area is 169 Å². The van der Waals surface area contributed by atoms with Crippen molar-refractivity contribution in [3.05, 3.63) is 59.7 Å². The van der Waals surface area contributed by atoms with Crippen molar-refractivity contribution in [3.63, 3.8) is 0 Å². The first kappa shape index (κ1) is 19.4. The second kappa shape index (κ2) is 7.85. The van der Waals surface area contributed by atoms with Crippen molar-refractivity contribution in [2.24, 2.45) is 0 Å². The number of carbonyl (C=O) groups is 2. The Hall–Kier alpha value is -2.90. The second-order valence-electron chi connectivity index (χ2n) is 7.59. The summed E-state index contributed by atoms with van der Waals surface area (Å²) in [6.07, 6.45) is -0.525. The maximum absolute atomic E-state index is 12.4. The fourth-order valence-corrected chi connectivity index (χ4v) is 4.03. The Morgan fingerprint density at radius 3 is 2.24 bits per heavy atom. The maximum atomic E-state index is 12.4. The smallest absolute Gasteiger partial charge is 0.407 e. The van der Waals surface area contributed by atoms with Gasteiger partial charge in [-0.2, -0.15) is 0 Å². The number of aliphatic carboxylic acids is 1. The normalized spacial score (nSPS) is 17.6. The molecule has 1 fully saturated rings. The Morgan fingerprint density at radius 2 is 1.72 bits per heavy atom. The molecular weight excluding hydrogens is 372 g/mol. The summed E-state index contributed by atoms with van der Waals surface area (Å²) in [5.41, 5.74) is 4.06. The van der Waals surface area contributed by atoms with Gasteiger partial charge in [-0.3, -0.25) is 10.1 Å². The second-order valence-corrected chi connectivity index (χ2v) is 7.59. The summed E-state index contributed by atoms with van der Waals surface area (Å²) in [5, 5.41) is 14.7. The number of carboxylic acid groups (broad SMARTS) is 1. The van der Waals surface area contributed by atoms with Crippen molar-refractivity contribution in [3.8, 4) is 11.1 Å². The highest BCUT2D eigenvalue weighted by atomic mass is 16.5. The molecule has 1 heterocycles. The van der Waals surface area contributed by atoms with E-state index in [1.165, 1.54) is 11.1 Å². The molecular formula is C22H24N2O5. The fraction of sp³-hybridized carbons (Fsp3) is 0.364. The standard InChI is InChI=1S/C22H24N2O5/c1-14(22(12-28-13-22)23-10-20(25)26)24-21(27)29-11-19-17-8-4-2-6-15(17)16-7-3-5-9-18(16)19/h2-9,14,19,23H,10-13H2,1H3,(H,24,27)(H,25,26)/t14-/m1/s1. The molecule has 0 aromatic heterocycles. The van der Waals surface area contributed by atoms with Gasteiger partial charge in [0.15, 0.2) is 0 Å². The minimum atomic E-state index is -0.954. The van der Waals surface area contributed by atoms with Crippen LogP contribution in [0.15, 0.2) is 48.5 Å². The van der Waals surface area contributed by atoms with Crippen LogP contribution < -0.4 is 10.6 Å². The molecule has 1 atom stereocenters. The molecule has 1 aliphatic heterocycles. The van der Waals surface area contributed by atoms with Crippen LogP contribution in [0.3, 0.4) is 0 Å². The molecule has 152 valence electrons. The summed E-state index contributed by atoms with van der Waals surface area (Å²) in [6.45, 7) is 2.54. The van der Waals surface area contributed by atoms with E-state index in [4.69, 9.17) is 14.6 Å². The highest BCUT2D eigenvalue weighted by molar-refractivity contribution is 5.79. The number of benzene rings is 2. The van der Waals surface area contributed by atoms with E-state index in [0.717, 1.165) is 11.1 Å². The molecule has 1 saturated heterocycles. The van der Waals surface area contributed by atoms with Crippen LogP contribution in [0.5, 0.6) is 0 Å². The highest BCUT2D eigenvalue weighted by Gasteiger charge is 2.44. The summed E-state index contributed by atoms with van der Waals surface area (Å²) in [6, 6.07) is 16.0. The van der Waals surface area contributed by atoms with Crippen molar-refractivity contribution < 1.29 is 24.2 Å². The molecule has 7 nitrogen and oxygen atoms in total. The van der Waals surface area contributed by atoms with Crippen LogP contribution in [0, 0.1) is 0 Å². The predicted molar refractivity (Wildman–Crippen MR) is 107 cm³/mol. The number of rotatable bonds is 7.